The molecule has 5 aromatic rings. The number of benzene rings is 2. The van der Waals surface area contributed by atoms with Crippen molar-refractivity contribution in [3.05, 3.63) is 84.3 Å². The number of aromatic nitrogens is 3. The van der Waals surface area contributed by atoms with E-state index in [9.17, 15) is 13.5 Å². The molecule has 0 aliphatic carbocycles. The van der Waals surface area contributed by atoms with Gasteiger partial charge in [0.2, 0.25) is 10.0 Å². The van der Waals surface area contributed by atoms with Crippen molar-refractivity contribution >= 4 is 26.4 Å². The monoisotopic (exact) mass is 432 g/mol. The van der Waals surface area contributed by atoms with Gasteiger partial charge in [-0.2, -0.15) is 0 Å². The van der Waals surface area contributed by atoms with E-state index in [0.717, 1.165) is 38.8 Å². The predicted molar refractivity (Wildman–Crippen MR) is 120 cm³/mol. The van der Waals surface area contributed by atoms with E-state index >= 15 is 0 Å². The lowest BCUT2D eigenvalue weighted by Gasteiger charge is -2.11. The molecular weight excluding hydrogens is 412 g/mol. The summed E-state index contributed by atoms with van der Waals surface area (Å²) in [6.45, 7) is 0. The molecule has 3 heterocycles. The summed E-state index contributed by atoms with van der Waals surface area (Å²) < 4.78 is 28.2. The highest BCUT2D eigenvalue weighted by Crippen LogP contribution is 2.30. The summed E-state index contributed by atoms with van der Waals surface area (Å²) in [7, 11) is -2.05. The maximum Gasteiger partial charge on any atom is 0.240 e. The van der Waals surface area contributed by atoms with Gasteiger partial charge in [0.15, 0.2) is 5.88 Å². The second-order valence-corrected chi connectivity index (χ2v) is 9.22. The van der Waals surface area contributed by atoms with Gasteiger partial charge in [-0.05, 0) is 54.1 Å². The zero-order valence-corrected chi connectivity index (χ0v) is 17.5. The number of nitrogens with zero attached hydrogens (tertiary/aromatic N) is 2. The Morgan fingerprint density at radius 2 is 1.90 bits per heavy atom. The van der Waals surface area contributed by atoms with Gasteiger partial charge in [-0.15, -0.1) is 0 Å². The van der Waals surface area contributed by atoms with E-state index in [0.29, 0.717) is 6.42 Å². The molecule has 0 aliphatic rings. The van der Waals surface area contributed by atoms with E-state index < -0.39 is 10.0 Å². The Hall–Kier alpha value is -3.62. The van der Waals surface area contributed by atoms with Gasteiger partial charge in [-0.1, -0.05) is 24.3 Å². The number of rotatable bonds is 5. The zero-order valence-electron chi connectivity index (χ0n) is 16.7. The third kappa shape index (κ3) is 3.35. The minimum atomic E-state index is -3.45. The van der Waals surface area contributed by atoms with Crippen LogP contribution in [0.5, 0.6) is 5.88 Å². The highest BCUT2D eigenvalue weighted by Gasteiger charge is 2.13. The first kappa shape index (κ1) is 19.3. The molecule has 0 spiro atoms. The van der Waals surface area contributed by atoms with E-state index in [-0.39, 0.29) is 10.8 Å². The van der Waals surface area contributed by atoms with Crippen molar-refractivity contribution in [2.45, 2.75) is 11.3 Å². The first-order valence-electron chi connectivity index (χ1n) is 9.74. The normalized spacial score (nSPS) is 12.0. The van der Waals surface area contributed by atoms with Crippen molar-refractivity contribution in [1.29, 1.82) is 0 Å². The molecule has 0 bridgehead atoms. The smallest absolute Gasteiger partial charge is 0.240 e. The number of sulfonamides is 1. The van der Waals surface area contributed by atoms with Crippen molar-refractivity contribution in [2.75, 3.05) is 7.05 Å². The summed E-state index contributed by atoms with van der Waals surface area (Å²) in [5, 5.41) is 11.6. The summed E-state index contributed by atoms with van der Waals surface area (Å²) in [5.41, 5.74) is 4.90. The Kier molecular flexibility index (Phi) is 4.53. The van der Waals surface area contributed by atoms with Crippen LogP contribution >= 0.6 is 0 Å². The number of imidazole rings is 1. The largest absolute Gasteiger partial charge is 0.494 e. The maximum atomic E-state index is 11.9. The fourth-order valence-electron chi connectivity index (χ4n) is 3.85. The molecule has 0 radical (unpaired) electrons. The molecule has 3 aromatic heterocycles. The van der Waals surface area contributed by atoms with Crippen LogP contribution in [-0.4, -0.2) is 34.9 Å². The van der Waals surface area contributed by atoms with Crippen LogP contribution in [0.25, 0.3) is 27.7 Å². The van der Waals surface area contributed by atoms with Gasteiger partial charge in [-0.3, -0.25) is 4.40 Å². The molecule has 2 aromatic carbocycles. The Morgan fingerprint density at radius 3 is 2.68 bits per heavy atom. The number of hydrogen-bond acceptors (Lipinski definition) is 4. The van der Waals surface area contributed by atoms with Gasteiger partial charge in [0, 0.05) is 35.8 Å². The van der Waals surface area contributed by atoms with E-state index in [4.69, 9.17) is 0 Å². The molecule has 5 rings (SSSR count). The van der Waals surface area contributed by atoms with E-state index in [1.165, 1.54) is 7.05 Å². The first-order chi connectivity index (χ1) is 15.0. The highest BCUT2D eigenvalue weighted by atomic mass is 32.2. The number of H-pyrrole nitrogens is 1. The Labute approximate surface area is 179 Å². The second kappa shape index (κ2) is 7.26. The minimum absolute atomic E-state index is 0.165. The summed E-state index contributed by atoms with van der Waals surface area (Å²) in [4.78, 5) is 7.63. The molecule has 0 amide bonds. The van der Waals surface area contributed by atoms with Crippen molar-refractivity contribution in [1.82, 2.24) is 19.1 Å². The van der Waals surface area contributed by atoms with Gasteiger partial charge in [0.25, 0.3) is 0 Å². The molecule has 0 unspecified atom stereocenters. The van der Waals surface area contributed by atoms with Gasteiger partial charge < -0.3 is 10.1 Å². The lowest BCUT2D eigenvalue weighted by molar-refractivity contribution is 0.462. The predicted octanol–water partition coefficient (Wildman–Crippen LogP) is 3.69. The number of fused-ring (bicyclic) bond motifs is 2. The molecular formula is C23H20N4O3S. The fourth-order valence-corrected chi connectivity index (χ4v) is 4.58. The standard InChI is InChI=1S/C23H20N4O3S/c1-24-31(29,30)19-6-2-15(3-7-19)12-17-5-9-21(27-11-10-25-22(17)27)16-4-8-20-18(13-16)14-26-23(20)28/h2-11,13-14,24,26,28H,12H2,1H3. The SMILES string of the molecule is CNS(=O)(=O)c1ccc(Cc2ccc(-c3ccc4c(O)[nH]cc4c3)n3ccnc23)cc1. The van der Waals surface area contributed by atoms with Crippen LogP contribution in [-0.2, 0) is 16.4 Å². The number of hydrogen-bond donors (Lipinski definition) is 3. The quantitative estimate of drug-likeness (QED) is 0.394. The fraction of sp³-hybridized carbons (Fsp3) is 0.0870. The number of nitrogens with one attached hydrogen (secondary N) is 2. The summed E-state index contributed by atoms with van der Waals surface area (Å²) in [5.74, 6) is 0.165. The zero-order chi connectivity index (χ0) is 21.6. The van der Waals surface area contributed by atoms with E-state index in [2.05, 4.69) is 26.8 Å². The number of aromatic hydroxyl groups is 1. The topological polar surface area (TPSA) is 99.5 Å². The summed E-state index contributed by atoms with van der Waals surface area (Å²) in [6.07, 6.45) is 6.11. The molecule has 0 atom stereocenters. The Bertz CT molecular complexity index is 1520. The second-order valence-electron chi connectivity index (χ2n) is 7.33. The lowest BCUT2D eigenvalue weighted by atomic mass is 10.0. The van der Waals surface area contributed by atoms with Crippen LogP contribution in [0.1, 0.15) is 11.1 Å². The Balaban J connectivity index is 1.51. The molecule has 156 valence electrons. The molecule has 7 nitrogen and oxygen atoms in total. The van der Waals surface area contributed by atoms with E-state index in [1.54, 1.807) is 24.5 Å². The maximum absolute atomic E-state index is 11.9. The van der Waals surface area contributed by atoms with Crippen LogP contribution in [0.3, 0.4) is 0 Å². The molecule has 0 saturated heterocycles. The first-order valence-corrected chi connectivity index (χ1v) is 11.2. The lowest BCUT2D eigenvalue weighted by Crippen LogP contribution is -2.18. The molecule has 0 saturated carbocycles. The average molecular weight is 433 g/mol. The van der Waals surface area contributed by atoms with Crippen molar-refractivity contribution in [3.8, 4) is 17.1 Å². The number of pyridine rings is 1. The Morgan fingerprint density at radius 1 is 1.10 bits per heavy atom. The molecule has 31 heavy (non-hydrogen) atoms. The molecule has 8 heteroatoms. The van der Waals surface area contributed by atoms with Crippen molar-refractivity contribution in [2.24, 2.45) is 0 Å². The molecule has 0 fully saturated rings. The third-order valence-electron chi connectivity index (χ3n) is 5.49. The van der Waals surface area contributed by atoms with Crippen molar-refractivity contribution < 1.29 is 13.5 Å². The van der Waals surface area contributed by atoms with Crippen LogP contribution < -0.4 is 4.72 Å². The van der Waals surface area contributed by atoms with Crippen molar-refractivity contribution in [3.63, 3.8) is 0 Å². The van der Waals surface area contributed by atoms with E-state index in [1.807, 2.05) is 40.9 Å². The molecule has 3 N–H and O–H groups in total. The van der Waals surface area contributed by atoms with Crippen LogP contribution in [0.2, 0.25) is 0 Å². The van der Waals surface area contributed by atoms with Gasteiger partial charge in [0.1, 0.15) is 5.65 Å². The number of aromatic amines is 1. The molecule has 0 aliphatic heterocycles. The van der Waals surface area contributed by atoms with Gasteiger partial charge in [0.05, 0.1) is 10.6 Å². The van der Waals surface area contributed by atoms with Crippen LogP contribution in [0.4, 0.5) is 0 Å². The summed E-state index contributed by atoms with van der Waals surface area (Å²) in [6, 6.07) is 16.9. The van der Waals surface area contributed by atoms with Crippen LogP contribution in [0, 0.1) is 0 Å². The van der Waals surface area contributed by atoms with Gasteiger partial charge >= 0.3 is 0 Å². The minimum Gasteiger partial charge on any atom is -0.494 e. The summed E-state index contributed by atoms with van der Waals surface area (Å²) >= 11 is 0. The average Bonchev–Trinajstić information content (AvgIpc) is 3.42. The van der Waals surface area contributed by atoms with Gasteiger partial charge in [-0.25, -0.2) is 18.1 Å². The highest BCUT2D eigenvalue weighted by molar-refractivity contribution is 7.89. The third-order valence-corrected chi connectivity index (χ3v) is 6.92. The van der Waals surface area contributed by atoms with Crippen LogP contribution in [0.15, 0.2) is 78.1 Å².